The number of carbonyl (C=O) groups excluding carboxylic acids is 1. The minimum Gasteiger partial charge on any atom is -0.379 e. The number of nitrogens with one attached hydrogen (secondary N) is 2. The van der Waals surface area contributed by atoms with Gasteiger partial charge in [0.2, 0.25) is 5.91 Å². The van der Waals surface area contributed by atoms with Crippen molar-refractivity contribution in [1.29, 1.82) is 0 Å². The van der Waals surface area contributed by atoms with Gasteiger partial charge >= 0.3 is 0 Å². The first kappa shape index (κ1) is 15.4. The third-order valence-electron chi connectivity index (χ3n) is 3.15. The number of amides is 1. The van der Waals surface area contributed by atoms with Crippen molar-refractivity contribution in [1.82, 2.24) is 9.78 Å². The zero-order valence-corrected chi connectivity index (χ0v) is 13.2. The first-order valence-corrected chi connectivity index (χ1v) is 7.20. The van der Waals surface area contributed by atoms with E-state index < -0.39 is 0 Å². The van der Waals surface area contributed by atoms with Crippen LogP contribution < -0.4 is 10.6 Å². The maximum absolute atomic E-state index is 11.1. The molecule has 5 nitrogen and oxygen atoms in total. The van der Waals surface area contributed by atoms with Crippen molar-refractivity contribution in [2.75, 3.05) is 10.6 Å². The maximum Gasteiger partial charge on any atom is 0.221 e. The summed E-state index contributed by atoms with van der Waals surface area (Å²) in [5.41, 5.74) is 3.52. The first-order valence-electron chi connectivity index (χ1n) is 6.83. The molecular weight excluding hydrogens is 288 g/mol. The van der Waals surface area contributed by atoms with Gasteiger partial charge in [-0.2, -0.15) is 5.10 Å². The van der Waals surface area contributed by atoms with Gasteiger partial charge in [-0.05, 0) is 24.6 Å². The number of carbonyl (C=O) groups is 1. The molecule has 0 radical (unpaired) electrons. The van der Waals surface area contributed by atoms with Crippen molar-refractivity contribution >= 4 is 28.9 Å². The average molecular weight is 307 g/mol. The van der Waals surface area contributed by atoms with Gasteiger partial charge < -0.3 is 10.6 Å². The van der Waals surface area contributed by atoms with E-state index in [2.05, 4.69) is 15.7 Å². The van der Waals surface area contributed by atoms with Crippen molar-refractivity contribution in [2.45, 2.75) is 26.8 Å². The van der Waals surface area contributed by atoms with Gasteiger partial charge in [0.05, 0.1) is 23.0 Å². The third-order valence-corrected chi connectivity index (χ3v) is 3.58. The molecule has 2 aromatic rings. The molecule has 0 bridgehead atoms. The highest BCUT2D eigenvalue weighted by atomic mass is 35.5. The topological polar surface area (TPSA) is 59.0 Å². The molecule has 21 heavy (non-hydrogen) atoms. The van der Waals surface area contributed by atoms with Crippen molar-refractivity contribution in [3.05, 3.63) is 40.7 Å². The number of rotatable bonds is 5. The number of anilines is 2. The molecule has 1 heterocycles. The Bertz CT molecular complexity index is 651. The molecule has 0 saturated heterocycles. The monoisotopic (exact) mass is 306 g/mol. The highest BCUT2D eigenvalue weighted by Crippen LogP contribution is 2.22. The number of benzene rings is 1. The number of nitrogens with zero attached hydrogens (tertiary/aromatic N) is 2. The molecule has 0 aliphatic rings. The lowest BCUT2D eigenvalue weighted by molar-refractivity contribution is -0.114. The molecule has 2 rings (SSSR count). The van der Waals surface area contributed by atoms with E-state index in [1.807, 2.05) is 38.2 Å². The Morgan fingerprint density at radius 3 is 2.71 bits per heavy atom. The molecule has 0 atom stereocenters. The third kappa shape index (κ3) is 3.76. The minimum atomic E-state index is -0.0885. The zero-order chi connectivity index (χ0) is 15.4. The van der Waals surface area contributed by atoms with Crippen molar-refractivity contribution in [3.8, 4) is 0 Å². The lowest BCUT2D eigenvalue weighted by Crippen LogP contribution is -2.08. The second kappa shape index (κ2) is 6.63. The summed E-state index contributed by atoms with van der Waals surface area (Å²) in [6, 6.07) is 7.55. The van der Waals surface area contributed by atoms with Crippen LogP contribution in [0.5, 0.6) is 0 Å². The lowest BCUT2D eigenvalue weighted by atomic mass is 10.2. The molecule has 0 saturated carbocycles. The molecule has 0 spiro atoms. The zero-order valence-electron chi connectivity index (χ0n) is 12.4. The van der Waals surface area contributed by atoms with Crippen LogP contribution in [-0.4, -0.2) is 15.7 Å². The molecule has 1 aromatic heterocycles. The van der Waals surface area contributed by atoms with E-state index in [4.69, 9.17) is 11.6 Å². The number of hydrogen-bond acceptors (Lipinski definition) is 3. The van der Waals surface area contributed by atoms with Crippen LogP contribution in [0.1, 0.15) is 25.2 Å². The normalized spacial score (nSPS) is 10.5. The van der Waals surface area contributed by atoms with Gasteiger partial charge in [-0.15, -0.1) is 0 Å². The second-order valence-corrected chi connectivity index (χ2v) is 5.18. The van der Waals surface area contributed by atoms with E-state index in [1.54, 1.807) is 4.68 Å². The van der Waals surface area contributed by atoms with Crippen LogP contribution in [0.25, 0.3) is 0 Å². The molecule has 0 fully saturated rings. The van der Waals surface area contributed by atoms with E-state index in [0.29, 0.717) is 11.6 Å². The Morgan fingerprint density at radius 1 is 1.38 bits per heavy atom. The Balaban J connectivity index is 2.09. The van der Waals surface area contributed by atoms with E-state index >= 15 is 0 Å². The number of aryl methyl sites for hydroxylation is 2. The summed E-state index contributed by atoms with van der Waals surface area (Å²) >= 11 is 6.32. The Kier molecular flexibility index (Phi) is 4.85. The SMILES string of the molecule is CCc1nn(C)c(CNc2cccc(NC(C)=O)c2)c1Cl. The van der Waals surface area contributed by atoms with Crippen LogP contribution in [0, 0.1) is 0 Å². The number of hydrogen-bond donors (Lipinski definition) is 2. The molecule has 6 heteroatoms. The summed E-state index contributed by atoms with van der Waals surface area (Å²) in [5.74, 6) is -0.0885. The second-order valence-electron chi connectivity index (χ2n) is 4.80. The minimum absolute atomic E-state index is 0.0885. The van der Waals surface area contributed by atoms with Crippen LogP contribution in [0.2, 0.25) is 5.02 Å². The summed E-state index contributed by atoms with van der Waals surface area (Å²) in [6.45, 7) is 4.09. The first-order chi connectivity index (χ1) is 10.0. The van der Waals surface area contributed by atoms with Crippen LogP contribution in [-0.2, 0) is 24.8 Å². The number of halogens is 1. The van der Waals surface area contributed by atoms with Crippen LogP contribution in [0.15, 0.2) is 24.3 Å². The van der Waals surface area contributed by atoms with E-state index in [-0.39, 0.29) is 5.91 Å². The quantitative estimate of drug-likeness (QED) is 0.892. The van der Waals surface area contributed by atoms with Crippen LogP contribution in [0.4, 0.5) is 11.4 Å². The summed E-state index contributed by atoms with van der Waals surface area (Å²) in [4.78, 5) is 11.1. The van der Waals surface area contributed by atoms with Gasteiger partial charge in [-0.1, -0.05) is 24.6 Å². The van der Waals surface area contributed by atoms with Crippen molar-refractivity contribution in [2.24, 2.45) is 7.05 Å². The van der Waals surface area contributed by atoms with Gasteiger partial charge in [0, 0.05) is 25.3 Å². The molecule has 0 aliphatic carbocycles. The fourth-order valence-corrected chi connectivity index (χ4v) is 2.47. The van der Waals surface area contributed by atoms with Gasteiger partial charge in [-0.25, -0.2) is 0 Å². The van der Waals surface area contributed by atoms with Gasteiger partial charge in [0.25, 0.3) is 0 Å². The van der Waals surface area contributed by atoms with Crippen molar-refractivity contribution in [3.63, 3.8) is 0 Å². The summed E-state index contributed by atoms with van der Waals surface area (Å²) in [7, 11) is 1.88. The van der Waals surface area contributed by atoms with Crippen LogP contribution >= 0.6 is 11.6 Å². The molecule has 112 valence electrons. The lowest BCUT2D eigenvalue weighted by Gasteiger charge is -2.09. The highest BCUT2D eigenvalue weighted by Gasteiger charge is 2.12. The standard InChI is InChI=1S/C15H19ClN4O/c1-4-13-15(16)14(20(3)19-13)9-17-11-6-5-7-12(8-11)18-10(2)21/h5-8,17H,4,9H2,1-3H3,(H,18,21). The fraction of sp³-hybridized carbons (Fsp3) is 0.333. The predicted molar refractivity (Wildman–Crippen MR) is 85.7 cm³/mol. The van der Waals surface area contributed by atoms with E-state index in [0.717, 1.165) is 29.2 Å². The Morgan fingerprint density at radius 2 is 2.10 bits per heavy atom. The van der Waals surface area contributed by atoms with Gasteiger partial charge in [0.15, 0.2) is 0 Å². The average Bonchev–Trinajstić information content (AvgIpc) is 2.71. The molecule has 0 unspecified atom stereocenters. The van der Waals surface area contributed by atoms with E-state index in [1.165, 1.54) is 6.92 Å². The van der Waals surface area contributed by atoms with E-state index in [9.17, 15) is 4.79 Å². The molecule has 1 amide bonds. The summed E-state index contributed by atoms with van der Waals surface area (Å²) < 4.78 is 1.80. The fourth-order valence-electron chi connectivity index (χ4n) is 2.11. The maximum atomic E-state index is 11.1. The summed E-state index contributed by atoms with van der Waals surface area (Å²) in [6.07, 6.45) is 0.810. The smallest absolute Gasteiger partial charge is 0.221 e. The molecular formula is C15H19ClN4O. The number of aromatic nitrogens is 2. The van der Waals surface area contributed by atoms with Gasteiger partial charge in [0.1, 0.15) is 0 Å². The van der Waals surface area contributed by atoms with Gasteiger partial charge in [-0.3, -0.25) is 9.48 Å². The van der Waals surface area contributed by atoms with Crippen molar-refractivity contribution < 1.29 is 4.79 Å². The predicted octanol–water partition coefficient (Wildman–Crippen LogP) is 3.21. The highest BCUT2D eigenvalue weighted by molar-refractivity contribution is 6.31. The molecule has 0 aliphatic heterocycles. The molecule has 2 N–H and O–H groups in total. The summed E-state index contributed by atoms with van der Waals surface area (Å²) in [5, 5.41) is 11.2. The van der Waals surface area contributed by atoms with Crippen LogP contribution in [0.3, 0.4) is 0 Å². The largest absolute Gasteiger partial charge is 0.379 e. The Labute approximate surface area is 129 Å². The molecule has 1 aromatic carbocycles. The Hall–Kier alpha value is -2.01.